The second-order valence-electron chi connectivity index (χ2n) is 8.05. The molecule has 0 saturated carbocycles. The van der Waals surface area contributed by atoms with E-state index >= 15 is 0 Å². The van der Waals surface area contributed by atoms with Gasteiger partial charge in [0.15, 0.2) is 5.37 Å². The number of sulfone groups is 1. The number of rotatable bonds is 5. The molecular formula is C25H22N2O5S2. The zero-order chi connectivity index (χ0) is 24.6. The van der Waals surface area contributed by atoms with E-state index in [9.17, 15) is 23.3 Å². The van der Waals surface area contributed by atoms with E-state index < -0.39 is 26.0 Å². The number of thioether (sulfide) groups is 1. The Morgan fingerprint density at radius 3 is 2.24 bits per heavy atom. The van der Waals surface area contributed by atoms with Crippen LogP contribution in [0.3, 0.4) is 0 Å². The zero-order valence-electron chi connectivity index (χ0n) is 18.8. The van der Waals surface area contributed by atoms with Crippen LogP contribution in [0.4, 0.5) is 11.4 Å². The SMILES string of the molecule is CSc1ccc(/C=C2/C(=O)N(c3cc(C)cc(C)c3)C(c3cccc([N+](=O)[O-])c3)S2(=O)=O)cc1. The molecule has 1 aliphatic rings. The van der Waals surface area contributed by atoms with Crippen LogP contribution < -0.4 is 4.90 Å². The predicted molar refractivity (Wildman–Crippen MR) is 134 cm³/mol. The van der Waals surface area contributed by atoms with E-state index in [0.717, 1.165) is 16.0 Å². The highest BCUT2D eigenvalue weighted by Crippen LogP contribution is 2.44. The molecule has 1 aliphatic heterocycles. The molecule has 0 aromatic heterocycles. The van der Waals surface area contributed by atoms with Crippen molar-refractivity contribution in [3.63, 3.8) is 0 Å². The van der Waals surface area contributed by atoms with E-state index in [1.54, 1.807) is 36.0 Å². The summed E-state index contributed by atoms with van der Waals surface area (Å²) in [6, 6.07) is 18.0. The Kier molecular flexibility index (Phi) is 6.33. The maximum absolute atomic E-state index is 13.8. The lowest BCUT2D eigenvalue weighted by Crippen LogP contribution is -2.29. The molecule has 174 valence electrons. The quantitative estimate of drug-likeness (QED) is 0.203. The van der Waals surface area contributed by atoms with Gasteiger partial charge in [0.25, 0.3) is 11.6 Å². The number of carbonyl (C=O) groups is 1. The molecule has 1 saturated heterocycles. The van der Waals surface area contributed by atoms with Crippen LogP contribution >= 0.6 is 11.8 Å². The Morgan fingerprint density at radius 2 is 1.65 bits per heavy atom. The standard InChI is InChI=1S/C25H22N2O5S2/c1-16-11-17(2)13-21(12-16)26-24(28)23(14-18-7-9-22(33-3)10-8-18)34(31,32)25(26)19-5-4-6-20(15-19)27(29)30/h4-15,25H,1-3H3/b23-14-. The summed E-state index contributed by atoms with van der Waals surface area (Å²) in [7, 11) is -4.20. The third kappa shape index (κ3) is 4.36. The molecular weight excluding hydrogens is 472 g/mol. The number of benzene rings is 3. The van der Waals surface area contributed by atoms with Crippen molar-refractivity contribution in [2.24, 2.45) is 0 Å². The zero-order valence-corrected chi connectivity index (χ0v) is 20.4. The maximum atomic E-state index is 13.8. The van der Waals surface area contributed by atoms with E-state index in [1.165, 1.54) is 35.2 Å². The number of hydrogen-bond acceptors (Lipinski definition) is 6. The summed E-state index contributed by atoms with van der Waals surface area (Å²) in [5.74, 6) is -0.671. The van der Waals surface area contributed by atoms with Gasteiger partial charge in [-0.2, -0.15) is 0 Å². The maximum Gasteiger partial charge on any atom is 0.271 e. The van der Waals surface area contributed by atoms with Crippen LogP contribution in [-0.2, 0) is 14.6 Å². The molecule has 4 rings (SSSR count). The fourth-order valence-corrected chi connectivity index (χ4v) is 6.35. The molecule has 34 heavy (non-hydrogen) atoms. The molecule has 1 heterocycles. The molecule has 1 amide bonds. The van der Waals surface area contributed by atoms with Crippen LogP contribution in [0.5, 0.6) is 0 Å². The van der Waals surface area contributed by atoms with E-state index in [1.807, 2.05) is 38.3 Å². The summed E-state index contributed by atoms with van der Waals surface area (Å²) in [5, 5.41) is 9.94. The minimum atomic E-state index is -4.20. The number of carbonyl (C=O) groups excluding carboxylic acids is 1. The van der Waals surface area contributed by atoms with Gasteiger partial charge in [0.05, 0.1) is 4.92 Å². The number of aryl methyl sites for hydroxylation is 2. The van der Waals surface area contributed by atoms with Crippen molar-refractivity contribution in [1.29, 1.82) is 0 Å². The Bertz CT molecular complexity index is 1410. The third-order valence-electron chi connectivity index (χ3n) is 5.53. The van der Waals surface area contributed by atoms with Crippen LogP contribution in [-0.4, -0.2) is 25.5 Å². The highest BCUT2D eigenvalue weighted by Gasteiger charge is 2.50. The third-order valence-corrected chi connectivity index (χ3v) is 8.25. The summed E-state index contributed by atoms with van der Waals surface area (Å²) in [6.45, 7) is 3.72. The van der Waals surface area contributed by atoms with Gasteiger partial charge in [-0.3, -0.25) is 19.8 Å². The normalized spacial score (nSPS) is 18.4. The van der Waals surface area contributed by atoms with Gasteiger partial charge >= 0.3 is 0 Å². The highest BCUT2D eigenvalue weighted by molar-refractivity contribution is 7.98. The molecule has 3 aromatic rings. The Labute approximate surface area is 202 Å². The van der Waals surface area contributed by atoms with Crippen molar-refractivity contribution < 1.29 is 18.1 Å². The second-order valence-corrected chi connectivity index (χ2v) is 10.9. The van der Waals surface area contributed by atoms with Crippen LogP contribution in [0.2, 0.25) is 0 Å². The first-order valence-electron chi connectivity index (χ1n) is 10.4. The number of amides is 1. The average Bonchev–Trinajstić information content (AvgIpc) is 2.99. The Hall–Kier alpha value is -3.43. The van der Waals surface area contributed by atoms with E-state index in [4.69, 9.17) is 0 Å². The molecule has 1 fully saturated rings. The first-order chi connectivity index (χ1) is 16.1. The first kappa shape index (κ1) is 23.7. The van der Waals surface area contributed by atoms with Gasteiger partial charge in [-0.05, 0) is 72.7 Å². The number of hydrogen-bond donors (Lipinski definition) is 0. The molecule has 7 nitrogen and oxygen atoms in total. The fourth-order valence-electron chi connectivity index (χ4n) is 4.06. The van der Waals surface area contributed by atoms with Gasteiger partial charge in [0, 0.05) is 22.7 Å². The van der Waals surface area contributed by atoms with Crippen LogP contribution in [0.1, 0.15) is 27.6 Å². The minimum absolute atomic E-state index is 0.155. The molecule has 3 aromatic carbocycles. The molecule has 0 aliphatic carbocycles. The fraction of sp³-hybridized carbons (Fsp3) is 0.160. The van der Waals surface area contributed by atoms with Gasteiger partial charge < -0.3 is 0 Å². The van der Waals surface area contributed by atoms with Crippen molar-refractivity contribution in [2.45, 2.75) is 24.1 Å². The number of non-ortho nitro benzene ring substituents is 1. The smallest absolute Gasteiger partial charge is 0.271 e. The average molecular weight is 495 g/mol. The number of nitro groups is 1. The lowest BCUT2D eigenvalue weighted by atomic mass is 10.1. The summed E-state index contributed by atoms with van der Waals surface area (Å²) < 4.78 is 27.5. The van der Waals surface area contributed by atoms with Crippen LogP contribution in [0, 0.1) is 24.0 Å². The first-order valence-corrected chi connectivity index (χ1v) is 13.1. The summed E-state index contributed by atoms with van der Waals surface area (Å²) in [5.41, 5.74) is 2.63. The number of anilines is 1. The lowest BCUT2D eigenvalue weighted by Gasteiger charge is -2.24. The van der Waals surface area contributed by atoms with Crippen molar-refractivity contribution in [1.82, 2.24) is 0 Å². The minimum Gasteiger partial charge on any atom is -0.286 e. The van der Waals surface area contributed by atoms with Gasteiger partial charge in [-0.1, -0.05) is 30.3 Å². The summed E-state index contributed by atoms with van der Waals surface area (Å²) in [6.07, 6.45) is 3.30. The largest absolute Gasteiger partial charge is 0.286 e. The predicted octanol–water partition coefficient (Wildman–Crippen LogP) is 5.43. The number of nitro benzene ring substituents is 1. The molecule has 1 unspecified atom stereocenters. The Balaban J connectivity index is 1.93. The molecule has 9 heteroatoms. The van der Waals surface area contributed by atoms with Crippen molar-refractivity contribution in [3.05, 3.63) is 104 Å². The summed E-state index contributed by atoms with van der Waals surface area (Å²) in [4.78, 5) is 26.3. The topological polar surface area (TPSA) is 97.6 Å². The lowest BCUT2D eigenvalue weighted by molar-refractivity contribution is -0.384. The molecule has 0 radical (unpaired) electrons. The van der Waals surface area contributed by atoms with Crippen LogP contribution in [0.25, 0.3) is 6.08 Å². The molecule has 0 spiro atoms. The number of nitrogens with zero attached hydrogens (tertiary/aromatic N) is 2. The van der Waals surface area contributed by atoms with Gasteiger partial charge in [-0.15, -0.1) is 11.8 Å². The molecule has 1 atom stereocenters. The summed E-state index contributed by atoms with van der Waals surface area (Å²) >= 11 is 1.55. The second kappa shape index (κ2) is 9.08. The monoisotopic (exact) mass is 494 g/mol. The molecule has 0 bridgehead atoms. The molecule has 0 N–H and O–H groups in total. The highest BCUT2D eigenvalue weighted by atomic mass is 32.2. The van der Waals surface area contributed by atoms with E-state index in [2.05, 4.69) is 0 Å². The van der Waals surface area contributed by atoms with E-state index in [0.29, 0.717) is 11.3 Å². The van der Waals surface area contributed by atoms with Crippen molar-refractivity contribution in [3.8, 4) is 0 Å². The van der Waals surface area contributed by atoms with Crippen molar-refractivity contribution >= 4 is 45.0 Å². The Morgan fingerprint density at radius 1 is 1.00 bits per heavy atom. The van der Waals surface area contributed by atoms with Crippen LogP contribution in [0.15, 0.2) is 76.5 Å². The van der Waals surface area contributed by atoms with Crippen molar-refractivity contribution in [2.75, 3.05) is 11.2 Å². The van der Waals surface area contributed by atoms with E-state index in [-0.39, 0.29) is 16.2 Å². The van der Waals surface area contributed by atoms with Gasteiger partial charge in [0.1, 0.15) is 4.91 Å². The van der Waals surface area contributed by atoms with Gasteiger partial charge in [0.2, 0.25) is 9.84 Å². The van der Waals surface area contributed by atoms with Gasteiger partial charge in [-0.25, -0.2) is 8.42 Å².